The van der Waals surface area contributed by atoms with Gasteiger partial charge in [-0.05, 0) is 12.1 Å². The van der Waals surface area contributed by atoms with E-state index in [1.807, 2.05) is 24.3 Å². The second-order valence-electron chi connectivity index (χ2n) is 6.90. The number of amides is 2. The molecule has 0 saturated carbocycles. The number of imidazole rings is 1. The second-order valence-corrected chi connectivity index (χ2v) is 6.90. The first kappa shape index (κ1) is 19.7. The number of carbonyl (C=O) groups is 1. The molecule has 0 bridgehead atoms. The first-order valence-electron chi connectivity index (χ1n) is 9.68. The minimum Gasteiger partial charge on any atom is -0.493 e. The van der Waals surface area contributed by atoms with Gasteiger partial charge in [-0.25, -0.2) is 9.78 Å². The Morgan fingerprint density at radius 3 is 2.27 bits per heavy atom. The van der Waals surface area contributed by atoms with Gasteiger partial charge in [-0.2, -0.15) is 0 Å². The van der Waals surface area contributed by atoms with Crippen LogP contribution >= 0.6 is 0 Å². The van der Waals surface area contributed by atoms with Gasteiger partial charge in [0, 0.05) is 38.3 Å². The second kappa shape index (κ2) is 8.40. The Kier molecular flexibility index (Phi) is 5.51. The molecule has 0 atom stereocenters. The van der Waals surface area contributed by atoms with Crippen LogP contribution in [0.25, 0.3) is 11.0 Å². The molecule has 1 aliphatic rings. The van der Waals surface area contributed by atoms with E-state index in [2.05, 4.69) is 20.2 Å². The van der Waals surface area contributed by atoms with Crippen molar-refractivity contribution in [2.24, 2.45) is 0 Å². The van der Waals surface area contributed by atoms with Crippen molar-refractivity contribution in [3.63, 3.8) is 0 Å². The minimum atomic E-state index is -0.173. The van der Waals surface area contributed by atoms with E-state index >= 15 is 0 Å². The van der Waals surface area contributed by atoms with Crippen molar-refractivity contribution in [1.29, 1.82) is 0 Å². The van der Waals surface area contributed by atoms with Crippen LogP contribution in [-0.4, -0.2) is 68.4 Å². The fourth-order valence-corrected chi connectivity index (χ4v) is 3.57. The molecule has 2 N–H and O–H groups in total. The summed E-state index contributed by atoms with van der Waals surface area (Å²) >= 11 is 0. The lowest BCUT2D eigenvalue weighted by Gasteiger charge is -2.34. The number of para-hydroxylation sites is 2. The number of benzene rings is 2. The zero-order valence-corrected chi connectivity index (χ0v) is 17.3. The van der Waals surface area contributed by atoms with Gasteiger partial charge in [0.2, 0.25) is 11.7 Å². The summed E-state index contributed by atoms with van der Waals surface area (Å²) in [6.45, 7) is 2.57. The molecule has 0 aliphatic carbocycles. The van der Waals surface area contributed by atoms with Crippen LogP contribution in [-0.2, 0) is 0 Å². The van der Waals surface area contributed by atoms with Crippen LogP contribution in [0, 0.1) is 0 Å². The van der Waals surface area contributed by atoms with E-state index in [1.165, 1.54) is 0 Å². The number of anilines is 2. The zero-order chi connectivity index (χ0) is 21.1. The Bertz CT molecular complexity index is 985. The van der Waals surface area contributed by atoms with Crippen molar-refractivity contribution < 1.29 is 19.0 Å². The molecule has 1 fully saturated rings. The molecule has 9 nitrogen and oxygen atoms in total. The summed E-state index contributed by atoms with van der Waals surface area (Å²) in [4.78, 5) is 24.7. The number of piperazine rings is 1. The SMILES string of the molecule is COc1cc(NC(=O)N2CCN(c3nc4ccccc4[nH]3)CC2)cc(OC)c1OC. The predicted molar refractivity (Wildman–Crippen MR) is 115 cm³/mol. The van der Waals surface area contributed by atoms with Crippen molar-refractivity contribution in [3.8, 4) is 17.2 Å². The molecule has 2 aromatic carbocycles. The zero-order valence-electron chi connectivity index (χ0n) is 17.3. The van der Waals surface area contributed by atoms with Crippen molar-refractivity contribution in [2.75, 3.05) is 57.7 Å². The Morgan fingerprint density at radius 2 is 1.67 bits per heavy atom. The van der Waals surface area contributed by atoms with Gasteiger partial charge in [-0.15, -0.1) is 0 Å². The fourth-order valence-electron chi connectivity index (χ4n) is 3.57. The highest BCUT2D eigenvalue weighted by molar-refractivity contribution is 5.90. The maximum Gasteiger partial charge on any atom is 0.321 e. The van der Waals surface area contributed by atoms with Crippen LogP contribution in [0.2, 0.25) is 0 Å². The molecule has 0 radical (unpaired) electrons. The molecule has 158 valence electrons. The quantitative estimate of drug-likeness (QED) is 0.671. The molecular weight excluding hydrogens is 386 g/mol. The number of aromatic amines is 1. The summed E-state index contributed by atoms with van der Waals surface area (Å²) in [5, 5.41) is 2.92. The molecule has 0 unspecified atom stereocenters. The number of H-pyrrole nitrogens is 1. The van der Waals surface area contributed by atoms with Gasteiger partial charge in [0.1, 0.15) is 0 Å². The lowest BCUT2D eigenvalue weighted by molar-refractivity contribution is 0.208. The Labute approximate surface area is 174 Å². The van der Waals surface area contributed by atoms with E-state index in [-0.39, 0.29) is 6.03 Å². The van der Waals surface area contributed by atoms with Crippen LogP contribution in [0.3, 0.4) is 0 Å². The normalized spacial score (nSPS) is 14.0. The Hall–Kier alpha value is -3.62. The van der Waals surface area contributed by atoms with Crippen LogP contribution in [0.5, 0.6) is 17.2 Å². The topological polar surface area (TPSA) is 92.0 Å². The molecule has 9 heteroatoms. The van der Waals surface area contributed by atoms with Gasteiger partial charge in [-0.1, -0.05) is 12.1 Å². The summed E-state index contributed by atoms with van der Waals surface area (Å²) in [5.41, 5.74) is 2.53. The van der Waals surface area contributed by atoms with Crippen molar-refractivity contribution in [2.45, 2.75) is 0 Å². The summed E-state index contributed by atoms with van der Waals surface area (Å²) in [7, 11) is 4.63. The van der Waals surface area contributed by atoms with E-state index in [9.17, 15) is 4.79 Å². The van der Waals surface area contributed by atoms with Gasteiger partial charge in [0.05, 0.1) is 38.1 Å². The van der Waals surface area contributed by atoms with Gasteiger partial charge >= 0.3 is 6.03 Å². The number of rotatable bonds is 5. The highest BCUT2D eigenvalue weighted by atomic mass is 16.5. The number of ether oxygens (including phenoxy) is 3. The number of methoxy groups -OCH3 is 3. The van der Waals surface area contributed by atoms with Crippen LogP contribution in [0.1, 0.15) is 0 Å². The number of urea groups is 1. The number of hydrogen-bond donors (Lipinski definition) is 2. The largest absolute Gasteiger partial charge is 0.493 e. The molecular formula is C21H25N5O4. The summed E-state index contributed by atoms with van der Waals surface area (Å²) in [6, 6.07) is 11.2. The molecule has 1 aromatic heterocycles. The van der Waals surface area contributed by atoms with E-state index < -0.39 is 0 Å². The van der Waals surface area contributed by atoms with Crippen molar-refractivity contribution in [3.05, 3.63) is 36.4 Å². The Morgan fingerprint density at radius 1 is 1.00 bits per heavy atom. The van der Waals surface area contributed by atoms with Gasteiger partial charge in [0.25, 0.3) is 0 Å². The van der Waals surface area contributed by atoms with E-state index in [1.54, 1.807) is 38.4 Å². The number of nitrogens with one attached hydrogen (secondary N) is 2. The first-order valence-corrected chi connectivity index (χ1v) is 9.68. The molecule has 4 rings (SSSR count). The minimum absolute atomic E-state index is 0.173. The third-order valence-electron chi connectivity index (χ3n) is 5.16. The van der Waals surface area contributed by atoms with Gasteiger partial charge in [0.15, 0.2) is 11.5 Å². The highest BCUT2D eigenvalue weighted by Crippen LogP contribution is 2.40. The highest BCUT2D eigenvalue weighted by Gasteiger charge is 2.24. The van der Waals surface area contributed by atoms with Gasteiger partial charge < -0.3 is 34.3 Å². The maximum atomic E-state index is 12.8. The van der Waals surface area contributed by atoms with Crippen molar-refractivity contribution in [1.82, 2.24) is 14.9 Å². The smallest absolute Gasteiger partial charge is 0.321 e. The third-order valence-corrected chi connectivity index (χ3v) is 5.16. The Balaban J connectivity index is 1.41. The van der Waals surface area contributed by atoms with Gasteiger partial charge in [-0.3, -0.25) is 0 Å². The predicted octanol–water partition coefficient (Wildman–Crippen LogP) is 2.94. The summed E-state index contributed by atoms with van der Waals surface area (Å²) in [5.74, 6) is 2.29. The molecule has 30 heavy (non-hydrogen) atoms. The molecule has 0 spiro atoms. The van der Waals surface area contributed by atoms with E-state index in [4.69, 9.17) is 14.2 Å². The van der Waals surface area contributed by atoms with E-state index in [0.29, 0.717) is 49.1 Å². The van der Waals surface area contributed by atoms with Crippen LogP contribution in [0.4, 0.5) is 16.4 Å². The van der Waals surface area contributed by atoms with E-state index in [0.717, 1.165) is 17.0 Å². The first-order chi connectivity index (χ1) is 14.6. The average Bonchev–Trinajstić information content (AvgIpc) is 3.22. The number of hydrogen-bond acceptors (Lipinski definition) is 6. The van der Waals surface area contributed by atoms with Crippen LogP contribution < -0.4 is 24.4 Å². The standard InChI is InChI=1S/C21H25N5O4/c1-28-17-12-14(13-18(29-2)19(17)30-3)22-21(27)26-10-8-25(9-11-26)20-23-15-6-4-5-7-16(15)24-20/h4-7,12-13H,8-11H2,1-3H3,(H,22,27)(H,23,24). The lowest BCUT2D eigenvalue weighted by Crippen LogP contribution is -2.50. The molecule has 2 amide bonds. The number of nitrogens with zero attached hydrogens (tertiary/aromatic N) is 3. The third kappa shape index (κ3) is 3.78. The number of carbonyl (C=O) groups excluding carboxylic acids is 1. The molecule has 1 saturated heterocycles. The number of aromatic nitrogens is 2. The van der Waals surface area contributed by atoms with Crippen LogP contribution in [0.15, 0.2) is 36.4 Å². The average molecular weight is 411 g/mol. The molecule has 2 heterocycles. The monoisotopic (exact) mass is 411 g/mol. The molecule has 3 aromatic rings. The summed E-state index contributed by atoms with van der Waals surface area (Å²) < 4.78 is 16.0. The number of fused-ring (bicyclic) bond motifs is 1. The van der Waals surface area contributed by atoms with Crippen molar-refractivity contribution >= 4 is 28.7 Å². The maximum absolute atomic E-state index is 12.8. The summed E-state index contributed by atoms with van der Waals surface area (Å²) in [6.07, 6.45) is 0. The lowest BCUT2D eigenvalue weighted by atomic mass is 10.2. The molecule has 1 aliphatic heterocycles. The fraction of sp³-hybridized carbons (Fsp3) is 0.333.